The molecular weight excluding hydrogens is 246 g/mol. The first-order chi connectivity index (χ1) is 8.66. The van der Waals surface area contributed by atoms with Crippen molar-refractivity contribution in [1.82, 2.24) is 14.5 Å². The van der Waals surface area contributed by atoms with Gasteiger partial charge in [-0.25, -0.2) is 9.97 Å². The molecule has 1 aliphatic rings. The van der Waals surface area contributed by atoms with E-state index < -0.39 is 0 Å². The minimum atomic E-state index is 0.189. The van der Waals surface area contributed by atoms with Gasteiger partial charge >= 0.3 is 0 Å². The second-order valence-electron chi connectivity index (χ2n) is 4.85. The summed E-state index contributed by atoms with van der Waals surface area (Å²) in [5, 5.41) is 0.918. The molecule has 0 N–H and O–H groups in total. The molecule has 2 aromatic heterocycles. The topological polar surface area (TPSA) is 47.8 Å². The number of aromatic nitrogens is 3. The molecular formula is C13H15N3OS. The normalized spacial score (nSPS) is 15.2. The van der Waals surface area contributed by atoms with Crippen LogP contribution in [-0.2, 0) is 6.42 Å². The molecule has 0 amide bonds. The highest BCUT2D eigenvalue weighted by Crippen LogP contribution is 2.33. The smallest absolute Gasteiger partial charge is 0.182 e. The SMILES string of the molecule is CC(C)n1cncc1-c1nc2c(s1)CCCC2=O. The van der Waals surface area contributed by atoms with Gasteiger partial charge < -0.3 is 4.57 Å². The van der Waals surface area contributed by atoms with Crippen LogP contribution in [-0.4, -0.2) is 20.3 Å². The lowest BCUT2D eigenvalue weighted by Gasteiger charge is -2.09. The van der Waals surface area contributed by atoms with Crippen molar-refractivity contribution in [1.29, 1.82) is 0 Å². The van der Waals surface area contributed by atoms with Gasteiger partial charge in [-0.15, -0.1) is 11.3 Å². The van der Waals surface area contributed by atoms with E-state index in [0.29, 0.717) is 18.2 Å². The van der Waals surface area contributed by atoms with E-state index in [2.05, 4.69) is 28.4 Å². The Kier molecular flexibility index (Phi) is 2.78. The number of carbonyl (C=O) groups excluding carboxylic acids is 1. The summed E-state index contributed by atoms with van der Waals surface area (Å²) in [6.45, 7) is 4.23. The van der Waals surface area contributed by atoms with Gasteiger partial charge in [0.15, 0.2) is 5.78 Å². The highest BCUT2D eigenvalue weighted by molar-refractivity contribution is 7.15. The molecule has 0 atom stereocenters. The maximum absolute atomic E-state index is 11.8. The Morgan fingerprint density at radius 2 is 2.22 bits per heavy atom. The zero-order valence-electron chi connectivity index (χ0n) is 10.5. The van der Waals surface area contributed by atoms with Gasteiger partial charge in [0, 0.05) is 17.3 Å². The summed E-state index contributed by atoms with van der Waals surface area (Å²) < 4.78 is 2.09. The average molecular weight is 261 g/mol. The Labute approximate surface area is 110 Å². The van der Waals surface area contributed by atoms with Crippen LogP contribution in [0.3, 0.4) is 0 Å². The van der Waals surface area contributed by atoms with Crippen LogP contribution in [0.4, 0.5) is 0 Å². The Morgan fingerprint density at radius 3 is 2.94 bits per heavy atom. The summed E-state index contributed by atoms with van der Waals surface area (Å²) in [5.41, 5.74) is 1.70. The number of rotatable bonds is 2. The monoisotopic (exact) mass is 261 g/mol. The van der Waals surface area contributed by atoms with Crippen molar-refractivity contribution >= 4 is 17.1 Å². The number of hydrogen-bond donors (Lipinski definition) is 0. The molecule has 4 nitrogen and oxygen atoms in total. The summed E-state index contributed by atoms with van der Waals surface area (Å²) in [6.07, 6.45) is 6.22. The van der Waals surface area contributed by atoms with Crippen molar-refractivity contribution in [2.45, 2.75) is 39.2 Å². The summed E-state index contributed by atoms with van der Waals surface area (Å²) >= 11 is 1.64. The Balaban J connectivity index is 2.07. The van der Waals surface area contributed by atoms with Gasteiger partial charge in [-0.1, -0.05) is 0 Å². The quantitative estimate of drug-likeness (QED) is 0.834. The molecule has 0 spiro atoms. The summed E-state index contributed by atoms with van der Waals surface area (Å²) in [7, 11) is 0. The number of imidazole rings is 1. The molecule has 0 fully saturated rings. The first kappa shape index (κ1) is 11.6. The van der Waals surface area contributed by atoms with Crippen molar-refractivity contribution in [3.8, 4) is 10.7 Å². The average Bonchev–Trinajstić information content (AvgIpc) is 2.95. The van der Waals surface area contributed by atoms with Crippen LogP contribution in [0, 0.1) is 0 Å². The van der Waals surface area contributed by atoms with E-state index in [-0.39, 0.29) is 5.78 Å². The van der Waals surface area contributed by atoms with Gasteiger partial charge in [-0.3, -0.25) is 4.79 Å². The van der Waals surface area contributed by atoms with E-state index in [0.717, 1.165) is 28.4 Å². The predicted octanol–water partition coefficient (Wildman–Crippen LogP) is 3.11. The van der Waals surface area contributed by atoms with E-state index in [4.69, 9.17) is 0 Å². The number of fused-ring (bicyclic) bond motifs is 1. The molecule has 0 aromatic carbocycles. The number of thiazole rings is 1. The molecule has 2 heterocycles. The summed E-state index contributed by atoms with van der Waals surface area (Å²) in [4.78, 5) is 21.7. The summed E-state index contributed by atoms with van der Waals surface area (Å²) in [5.74, 6) is 0.189. The van der Waals surface area contributed by atoms with Gasteiger partial charge in [-0.2, -0.15) is 0 Å². The van der Waals surface area contributed by atoms with Crippen LogP contribution in [0.5, 0.6) is 0 Å². The molecule has 0 saturated carbocycles. The molecule has 5 heteroatoms. The standard InChI is InChI=1S/C13H15N3OS/c1-8(2)16-7-14-6-9(16)13-15-12-10(17)4-3-5-11(12)18-13/h6-8H,3-5H2,1-2H3. The largest absolute Gasteiger partial charge is 0.326 e. The highest BCUT2D eigenvalue weighted by Gasteiger charge is 2.23. The van der Waals surface area contributed by atoms with E-state index in [1.807, 2.05) is 12.5 Å². The lowest BCUT2D eigenvalue weighted by Crippen LogP contribution is -2.08. The van der Waals surface area contributed by atoms with Gasteiger partial charge in [0.05, 0.1) is 18.2 Å². The minimum Gasteiger partial charge on any atom is -0.326 e. The van der Waals surface area contributed by atoms with E-state index in [1.54, 1.807) is 11.3 Å². The van der Waals surface area contributed by atoms with Crippen molar-refractivity contribution in [2.75, 3.05) is 0 Å². The van der Waals surface area contributed by atoms with Crippen molar-refractivity contribution < 1.29 is 4.79 Å². The minimum absolute atomic E-state index is 0.189. The second kappa shape index (κ2) is 4.31. The van der Waals surface area contributed by atoms with Gasteiger partial charge in [0.2, 0.25) is 0 Å². The van der Waals surface area contributed by atoms with Crippen molar-refractivity contribution in [3.05, 3.63) is 23.1 Å². The molecule has 18 heavy (non-hydrogen) atoms. The van der Waals surface area contributed by atoms with Crippen LogP contribution >= 0.6 is 11.3 Å². The summed E-state index contributed by atoms with van der Waals surface area (Å²) in [6, 6.07) is 0.346. The fourth-order valence-electron chi connectivity index (χ4n) is 2.26. The van der Waals surface area contributed by atoms with Crippen LogP contribution in [0.15, 0.2) is 12.5 Å². The Bertz CT molecular complexity index is 597. The third-order valence-corrected chi connectivity index (χ3v) is 4.35. The lowest BCUT2D eigenvalue weighted by atomic mass is 10.0. The van der Waals surface area contributed by atoms with Crippen LogP contribution in [0.1, 0.15) is 48.1 Å². The van der Waals surface area contributed by atoms with Crippen LogP contribution < -0.4 is 0 Å². The fraction of sp³-hybridized carbons (Fsp3) is 0.462. The molecule has 0 radical (unpaired) electrons. The van der Waals surface area contributed by atoms with Gasteiger partial charge in [0.1, 0.15) is 10.7 Å². The number of nitrogens with zero attached hydrogens (tertiary/aromatic N) is 3. The van der Waals surface area contributed by atoms with E-state index >= 15 is 0 Å². The third-order valence-electron chi connectivity index (χ3n) is 3.21. The molecule has 0 bridgehead atoms. The van der Waals surface area contributed by atoms with Gasteiger partial charge in [-0.05, 0) is 26.7 Å². The molecule has 0 aliphatic heterocycles. The molecule has 3 rings (SSSR count). The van der Waals surface area contributed by atoms with Crippen LogP contribution in [0.2, 0.25) is 0 Å². The maximum atomic E-state index is 11.8. The first-order valence-corrected chi connectivity index (χ1v) is 7.03. The Morgan fingerprint density at radius 1 is 1.39 bits per heavy atom. The van der Waals surface area contributed by atoms with Crippen molar-refractivity contribution in [3.63, 3.8) is 0 Å². The predicted molar refractivity (Wildman–Crippen MR) is 71.0 cm³/mol. The number of Topliss-reactive ketones (excluding diaryl/α,β-unsaturated/α-hetero) is 1. The number of carbonyl (C=O) groups is 1. The highest BCUT2D eigenvalue weighted by atomic mass is 32.1. The maximum Gasteiger partial charge on any atom is 0.182 e. The lowest BCUT2D eigenvalue weighted by molar-refractivity contribution is 0.0968. The zero-order chi connectivity index (χ0) is 12.7. The molecule has 1 aliphatic carbocycles. The molecule has 0 saturated heterocycles. The van der Waals surface area contributed by atoms with E-state index in [1.165, 1.54) is 0 Å². The Hall–Kier alpha value is -1.49. The first-order valence-electron chi connectivity index (χ1n) is 6.22. The number of hydrogen-bond acceptors (Lipinski definition) is 4. The number of aryl methyl sites for hydroxylation is 1. The molecule has 0 unspecified atom stereocenters. The molecule has 2 aromatic rings. The zero-order valence-corrected chi connectivity index (χ0v) is 11.3. The van der Waals surface area contributed by atoms with Crippen molar-refractivity contribution in [2.24, 2.45) is 0 Å². The van der Waals surface area contributed by atoms with Crippen LogP contribution in [0.25, 0.3) is 10.7 Å². The fourth-order valence-corrected chi connectivity index (χ4v) is 3.39. The second-order valence-corrected chi connectivity index (χ2v) is 5.93. The van der Waals surface area contributed by atoms with Gasteiger partial charge in [0.25, 0.3) is 0 Å². The van der Waals surface area contributed by atoms with E-state index in [9.17, 15) is 4.79 Å². The number of ketones is 1. The molecule has 94 valence electrons. The third kappa shape index (κ3) is 1.79.